The second-order valence-electron chi connectivity index (χ2n) is 4.24. The first-order chi connectivity index (χ1) is 4.95. The minimum absolute atomic E-state index is 0.308. The van der Waals surface area contributed by atoms with Gasteiger partial charge in [0.25, 0.3) is 0 Å². The molecule has 0 aromatic heterocycles. The zero-order chi connectivity index (χ0) is 9.07. The number of rotatable bonds is 4. The zero-order valence-corrected chi connectivity index (χ0v) is 8.77. The molecule has 0 radical (unpaired) electrons. The standard InChI is InChI=1S/C10H22O/c1-7-10(4,5)9(11-6)8(2)3/h8-9H,7H2,1-6H3/t9-/m1/s1. The molecule has 0 unspecified atom stereocenters. The maximum atomic E-state index is 5.47. The molecule has 0 amide bonds. The van der Waals surface area contributed by atoms with E-state index < -0.39 is 0 Å². The van der Waals surface area contributed by atoms with Crippen LogP contribution in [0.25, 0.3) is 0 Å². The highest BCUT2D eigenvalue weighted by atomic mass is 16.5. The molecule has 0 saturated carbocycles. The Hall–Kier alpha value is -0.0400. The van der Waals surface area contributed by atoms with Crippen molar-refractivity contribution >= 4 is 0 Å². The lowest BCUT2D eigenvalue weighted by atomic mass is 9.78. The van der Waals surface area contributed by atoms with Crippen LogP contribution in [0.2, 0.25) is 0 Å². The minimum Gasteiger partial charge on any atom is -0.381 e. The van der Waals surface area contributed by atoms with Crippen molar-refractivity contribution in [3.63, 3.8) is 0 Å². The summed E-state index contributed by atoms with van der Waals surface area (Å²) < 4.78 is 5.47. The first-order valence-corrected chi connectivity index (χ1v) is 4.48. The number of hydrogen-bond acceptors (Lipinski definition) is 1. The summed E-state index contributed by atoms with van der Waals surface area (Å²) in [7, 11) is 1.81. The molecule has 1 atom stereocenters. The van der Waals surface area contributed by atoms with Crippen LogP contribution < -0.4 is 0 Å². The molecule has 0 fully saturated rings. The van der Waals surface area contributed by atoms with E-state index in [-0.39, 0.29) is 0 Å². The second kappa shape index (κ2) is 4.10. The highest BCUT2D eigenvalue weighted by Gasteiger charge is 2.29. The second-order valence-corrected chi connectivity index (χ2v) is 4.24. The average molecular weight is 158 g/mol. The molecule has 68 valence electrons. The summed E-state index contributed by atoms with van der Waals surface area (Å²) in [5.74, 6) is 0.606. The van der Waals surface area contributed by atoms with Gasteiger partial charge in [0.1, 0.15) is 0 Å². The SMILES string of the molecule is CCC(C)(C)[C@H](OC)C(C)C. The molecule has 0 saturated heterocycles. The first-order valence-electron chi connectivity index (χ1n) is 4.48. The smallest absolute Gasteiger partial charge is 0.0644 e. The number of ether oxygens (including phenoxy) is 1. The maximum Gasteiger partial charge on any atom is 0.0644 e. The molecule has 0 heterocycles. The van der Waals surface area contributed by atoms with Gasteiger partial charge in [-0.3, -0.25) is 0 Å². The van der Waals surface area contributed by atoms with Crippen LogP contribution in [0.4, 0.5) is 0 Å². The van der Waals surface area contributed by atoms with Crippen LogP contribution in [0, 0.1) is 11.3 Å². The molecule has 0 N–H and O–H groups in total. The molecule has 0 aliphatic rings. The summed E-state index contributed by atoms with van der Waals surface area (Å²) in [4.78, 5) is 0. The van der Waals surface area contributed by atoms with Crippen molar-refractivity contribution in [1.29, 1.82) is 0 Å². The van der Waals surface area contributed by atoms with Crippen LogP contribution in [-0.4, -0.2) is 13.2 Å². The Kier molecular flexibility index (Phi) is 4.09. The predicted molar refractivity (Wildman–Crippen MR) is 49.7 cm³/mol. The quantitative estimate of drug-likeness (QED) is 0.611. The molecule has 0 aromatic rings. The van der Waals surface area contributed by atoms with E-state index in [0.717, 1.165) is 0 Å². The van der Waals surface area contributed by atoms with E-state index in [1.54, 1.807) is 0 Å². The summed E-state index contributed by atoms with van der Waals surface area (Å²) in [6.45, 7) is 11.2. The monoisotopic (exact) mass is 158 g/mol. The van der Waals surface area contributed by atoms with Crippen LogP contribution >= 0.6 is 0 Å². The predicted octanol–water partition coefficient (Wildman–Crippen LogP) is 3.09. The fourth-order valence-corrected chi connectivity index (χ4v) is 1.69. The summed E-state index contributed by atoms with van der Waals surface area (Å²) in [5, 5.41) is 0. The van der Waals surface area contributed by atoms with E-state index >= 15 is 0 Å². The van der Waals surface area contributed by atoms with Gasteiger partial charge in [-0.25, -0.2) is 0 Å². The largest absolute Gasteiger partial charge is 0.381 e. The highest BCUT2D eigenvalue weighted by Crippen LogP contribution is 2.31. The molecule has 11 heavy (non-hydrogen) atoms. The molecule has 0 bridgehead atoms. The van der Waals surface area contributed by atoms with E-state index in [2.05, 4.69) is 34.6 Å². The van der Waals surface area contributed by atoms with Crippen molar-refractivity contribution in [2.24, 2.45) is 11.3 Å². The summed E-state index contributed by atoms with van der Waals surface area (Å²) in [6, 6.07) is 0. The van der Waals surface area contributed by atoms with E-state index in [0.29, 0.717) is 17.4 Å². The van der Waals surface area contributed by atoms with Gasteiger partial charge in [-0.05, 0) is 17.8 Å². The van der Waals surface area contributed by atoms with Crippen LogP contribution in [0.1, 0.15) is 41.0 Å². The minimum atomic E-state index is 0.308. The molecule has 0 rings (SSSR count). The third kappa shape index (κ3) is 2.82. The number of methoxy groups -OCH3 is 1. The van der Waals surface area contributed by atoms with E-state index in [4.69, 9.17) is 4.74 Å². The number of hydrogen-bond donors (Lipinski definition) is 0. The fourth-order valence-electron chi connectivity index (χ4n) is 1.69. The Balaban J connectivity index is 4.23. The Labute approximate surface area is 71.1 Å². The van der Waals surface area contributed by atoms with Crippen molar-refractivity contribution in [2.45, 2.75) is 47.1 Å². The van der Waals surface area contributed by atoms with Gasteiger partial charge in [-0.2, -0.15) is 0 Å². The topological polar surface area (TPSA) is 9.23 Å². The van der Waals surface area contributed by atoms with Crippen LogP contribution in [-0.2, 0) is 4.74 Å². The molecule has 0 aromatic carbocycles. The van der Waals surface area contributed by atoms with Crippen molar-refractivity contribution in [3.8, 4) is 0 Å². The van der Waals surface area contributed by atoms with Crippen molar-refractivity contribution in [1.82, 2.24) is 0 Å². The Morgan fingerprint density at radius 1 is 1.27 bits per heavy atom. The van der Waals surface area contributed by atoms with Gasteiger partial charge >= 0.3 is 0 Å². The van der Waals surface area contributed by atoms with Gasteiger partial charge in [0, 0.05) is 7.11 Å². The Morgan fingerprint density at radius 2 is 1.73 bits per heavy atom. The molecule has 0 aliphatic heterocycles. The van der Waals surface area contributed by atoms with E-state index in [9.17, 15) is 0 Å². The van der Waals surface area contributed by atoms with Gasteiger partial charge in [-0.1, -0.05) is 34.6 Å². The van der Waals surface area contributed by atoms with Crippen LogP contribution in [0.15, 0.2) is 0 Å². The lowest BCUT2D eigenvalue weighted by Crippen LogP contribution is -2.34. The normalized spacial score (nSPS) is 15.5. The molecular formula is C10H22O. The molecule has 0 spiro atoms. The van der Waals surface area contributed by atoms with Crippen molar-refractivity contribution in [2.75, 3.05) is 7.11 Å². The van der Waals surface area contributed by atoms with Crippen molar-refractivity contribution < 1.29 is 4.74 Å². The fraction of sp³-hybridized carbons (Fsp3) is 1.00. The van der Waals surface area contributed by atoms with Gasteiger partial charge in [-0.15, -0.1) is 0 Å². The molecular weight excluding hydrogens is 136 g/mol. The zero-order valence-electron chi connectivity index (χ0n) is 8.77. The first kappa shape index (κ1) is 11.0. The average Bonchev–Trinajstić information content (AvgIpc) is 1.88. The third-order valence-electron chi connectivity index (χ3n) is 2.54. The molecule has 0 aliphatic carbocycles. The van der Waals surface area contributed by atoms with Crippen LogP contribution in [0.3, 0.4) is 0 Å². The highest BCUT2D eigenvalue weighted by molar-refractivity contribution is 4.79. The molecule has 1 nitrogen and oxygen atoms in total. The Morgan fingerprint density at radius 3 is 1.82 bits per heavy atom. The van der Waals surface area contributed by atoms with E-state index in [1.165, 1.54) is 6.42 Å². The lowest BCUT2D eigenvalue weighted by molar-refractivity contribution is -0.0266. The summed E-state index contributed by atoms with van der Waals surface area (Å²) in [6.07, 6.45) is 1.55. The van der Waals surface area contributed by atoms with Gasteiger partial charge in [0.15, 0.2) is 0 Å². The van der Waals surface area contributed by atoms with Gasteiger partial charge in [0.2, 0.25) is 0 Å². The molecule has 1 heteroatoms. The summed E-state index contributed by atoms with van der Waals surface area (Å²) in [5.41, 5.74) is 0.308. The third-order valence-corrected chi connectivity index (χ3v) is 2.54. The summed E-state index contributed by atoms with van der Waals surface area (Å²) >= 11 is 0. The van der Waals surface area contributed by atoms with Gasteiger partial charge < -0.3 is 4.74 Å². The lowest BCUT2D eigenvalue weighted by Gasteiger charge is -2.35. The maximum absolute atomic E-state index is 5.47. The van der Waals surface area contributed by atoms with Gasteiger partial charge in [0.05, 0.1) is 6.10 Å². The van der Waals surface area contributed by atoms with E-state index in [1.807, 2.05) is 7.11 Å². The van der Waals surface area contributed by atoms with Crippen LogP contribution in [0.5, 0.6) is 0 Å². The Bertz CT molecular complexity index is 105. The van der Waals surface area contributed by atoms with Crippen molar-refractivity contribution in [3.05, 3.63) is 0 Å².